The molecule has 0 atom stereocenters. The molecule has 1 fully saturated rings. The first kappa shape index (κ1) is 39.1. The topological polar surface area (TPSA) is 299 Å². The first-order chi connectivity index (χ1) is 7.67. The van der Waals surface area contributed by atoms with Gasteiger partial charge >= 0.3 is 42.1 Å². The fourth-order valence-corrected chi connectivity index (χ4v) is 4.82. The van der Waals surface area contributed by atoms with E-state index < -0.39 is 26.6 Å². The summed E-state index contributed by atoms with van der Waals surface area (Å²) in [6.07, 6.45) is 0.0313. The number of rotatable bonds is 3. The molecule has 1 aliphatic heterocycles. The van der Waals surface area contributed by atoms with E-state index in [2.05, 4.69) is 5.29 Å². The maximum Gasteiger partial charge on any atom is 4.00 e. The molecule has 1 rings (SSSR count). The molecule has 0 saturated carbocycles. The molecule has 0 bridgehead atoms. The van der Waals surface area contributed by atoms with Crippen molar-refractivity contribution in [3.8, 4) is 0 Å². The summed E-state index contributed by atoms with van der Waals surface area (Å²) in [7, 11) is -11.7. The van der Waals surface area contributed by atoms with Crippen LogP contribution in [0, 0.1) is 4.91 Å². The smallest absolute Gasteiger partial charge is 0.809 e. The Morgan fingerprint density at radius 3 is 1.52 bits per heavy atom. The average molecular weight is 742 g/mol. The molecule has 0 radical (unpaired) electrons. The van der Waals surface area contributed by atoms with Gasteiger partial charge in [-0.3, -0.25) is 0 Å². The summed E-state index contributed by atoms with van der Waals surface area (Å²) >= 11 is 0. The van der Waals surface area contributed by atoms with Crippen LogP contribution in [0.1, 0.15) is 25.7 Å². The van der Waals surface area contributed by atoms with Gasteiger partial charge in [0, 0.05) is 6.54 Å². The monoisotopic (exact) mass is 742 g/mol. The number of hydrogen-bond donors (Lipinski definition) is 4. The van der Waals surface area contributed by atoms with Crippen molar-refractivity contribution in [2.75, 3.05) is 6.54 Å². The van der Waals surface area contributed by atoms with Crippen molar-refractivity contribution >= 4 is 15.2 Å². The van der Waals surface area contributed by atoms with Gasteiger partial charge < -0.3 is 53.3 Å². The summed E-state index contributed by atoms with van der Waals surface area (Å²) in [6, 6.07) is 0. The van der Waals surface area contributed by atoms with Crippen molar-refractivity contribution in [3.63, 3.8) is 0 Å². The molecule has 1 saturated heterocycles. The van der Waals surface area contributed by atoms with Gasteiger partial charge in [-0.25, -0.2) is 5.01 Å². The van der Waals surface area contributed by atoms with Crippen molar-refractivity contribution in [1.82, 2.24) is 29.6 Å². The molecule has 0 spiro atoms. The number of nitrogens with zero attached hydrogens (tertiary/aromatic N) is 2. The molecule has 23 heavy (non-hydrogen) atoms. The van der Waals surface area contributed by atoms with Gasteiger partial charge in [-0.15, -0.1) is 4.91 Å². The van der Waals surface area contributed by atoms with Gasteiger partial charge in [0.15, 0.2) is 0 Å². The second-order valence-electron chi connectivity index (χ2n) is 3.78. The second kappa shape index (κ2) is 14.1. The molecule has 0 aromatic heterocycles. The van der Waals surface area contributed by atoms with Crippen molar-refractivity contribution < 1.29 is 70.8 Å². The number of nitroso groups, excluding NO2 is 1. The van der Waals surface area contributed by atoms with Crippen molar-refractivity contribution in [2.24, 2.45) is 5.29 Å². The third-order valence-corrected chi connectivity index (χ3v) is 6.90. The Morgan fingerprint density at radius 1 is 0.826 bits per heavy atom. The maximum atomic E-state index is 11.1. The normalized spacial score (nSPS) is 16.3. The van der Waals surface area contributed by atoms with Gasteiger partial charge in [0.1, 0.15) is 5.02 Å². The summed E-state index contributed by atoms with van der Waals surface area (Å²) in [6.45, 7) is -0.341. The van der Waals surface area contributed by atoms with Crippen LogP contribution in [0.15, 0.2) is 5.29 Å². The van der Waals surface area contributed by atoms with Gasteiger partial charge in [-0.05, 0) is 28.0 Å². The molecule has 0 aromatic rings. The van der Waals surface area contributed by atoms with Crippen LogP contribution in [0.3, 0.4) is 0 Å². The average Bonchev–Trinajstić information content (AvgIpc) is 2.36. The molecule has 17 heteroatoms. The Kier molecular flexibility index (Phi) is 24.0. The van der Waals surface area contributed by atoms with Gasteiger partial charge in [0.05, 0.1) is 5.29 Å². The molecule has 1 heterocycles. The van der Waals surface area contributed by atoms with Crippen LogP contribution in [0.25, 0.3) is 0 Å². The van der Waals surface area contributed by atoms with Crippen LogP contribution in [0.4, 0.5) is 0 Å². The minimum absolute atomic E-state index is 0. The summed E-state index contributed by atoms with van der Waals surface area (Å²) < 4.78 is 22.3. The van der Waals surface area contributed by atoms with Gasteiger partial charge in [0.2, 0.25) is 0 Å². The molecule has 12 N–H and O–H groups in total. The van der Waals surface area contributed by atoms with Crippen molar-refractivity contribution in [3.05, 3.63) is 4.91 Å². The van der Waals surface area contributed by atoms with Crippen LogP contribution in [0.5, 0.6) is 0 Å². The van der Waals surface area contributed by atoms with Crippen LogP contribution in [0.2, 0.25) is 0 Å². The fourth-order valence-electron chi connectivity index (χ4n) is 1.92. The molecule has 13 nitrogen and oxygen atoms in total. The van der Waals surface area contributed by atoms with Gasteiger partial charge in [-0.2, -0.15) is 0 Å². The molecule has 1 aliphatic rings. The molecule has 0 aromatic carbocycles. The van der Waals surface area contributed by atoms with Crippen molar-refractivity contribution in [1.29, 1.82) is 0 Å². The van der Waals surface area contributed by atoms with Gasteiger partial charge in [0.25, 0.3) is 0 Å². The van der Waals surface area contributed by atoms with Crippen molar-refractivity contribution in [2.45, 2.75) is 30.7 Å². The van der Waals surface area contributed by atoms with E-state index in [1.807, 2.05) is 0 Å². The predicted octanol–water partition coefficient (Wildman–Crippen LogP) is -1.33. The largest absolute Gasteiger partial charge is 4.00 e. The molecule has 0 unspecified atom stereocenters. The molecule has 144 valence electrons. The second-order valence-corrected chi connectivity index (χ2v) is 7.61. The van der Waals surface area contributed by atoms with E-state index in [0.29, 0.717) is 6.42 Å². The third kappa shape index (κ3) is 7.77. The number of hydrogen-bond acceptors (Lipinski definition) is 12. The van der Waals surface area contributed by atoms with Crippen LogP contribution in [-0.2, 0) is 51.3 Å². The molecular weight excluding hydrogens is 720 g/mol. The zero-order valence-electron chi connectivity index (χ0n) is 12.1. The van der Waals surface area contributed by atoms with E-state index in [0.717, 1.165) is 0 Å². The molecule has 0 amide bonds. The van der Waals surface area contributed by atoms with E-state index in [4.69, 9.17) is 0 Å². The SMILES string of the molecule is N.N.N.N.O=NN1CCCCCC1(P(=O)([O-])[O-])P(=O)([O-])[O-].[Pt+4].[Pt+4]. The third-order valence-electron chi connectivity index (χ3n) is 2.77. The fraction of sp³-hybridized carbons (Fsp3) is 1.00. The minimum atomic E-state index is -5.85. The van der Waals surface area contributed by atoms with Crippen LogP contribution < -0.4 is 44.2 Å². The standard InChI is InChI=1S/C6H14N2O7P2.4H3N.2Pt/c9-7-8-5-3-1-2-4-6(8,16(10,11)12)17(13,14)15;;;;;;/h1-5H2,(H2,10,11,12)(H2,13,14,15);4*1H3;;/q;;;;;2*+4/p-4. The van der Waals surface area contributed by atoms with Crippen LogP contribution in [-0.4, -0.2) is 16.6 Å². The maximum absolute atomic E-state index is 11.1. The quantitative estimate of drug-likeness (QED) is 0.193. The Labute approximate surface area is 162 Å². The van der Waals surface area contributed by atoms with Crippen LogP contribution >= 0.6 is 15.2 Å². The van der Waals surface area contributed by atoms with E-state index in [1.54, 1.807) is 0 Å². The Morgan fingerprint density at radius 2 is 1.22 bits per heavy atom. The Bertz CT molecular complexity index is 385. The van der Waals surface area contributed by atoms with Gasteiger partial charge in [-0.1, -0.05) is 12.8 Å². The van der Waals surface area contributed by atoms with E-state index in [1.165, 1.54) is 0 Å². The summed E-state index contributed by atoms with van der Waals surface area (Å²) in [5.41, 5.74) is 0. The summed E-state index contributed by atoms with van der Waals surface area (Å²) in [4.78, 5) is 55.0. The van der Waals surface area contributed by atoms with E-state index in [-0.39, 0.29) is 91.1 Å². The predicted molar refractivity (Wildman–Crippen MR) is 69.0 cm³/mol. The first-order valence-electron chi connectivity index (χ1n) is 4.82. The summed E-state index contributed by atoms with van der Waals surface area (Å²) in [5.74, 6) is 0. The van der Waals surface area contributed by atoms with E-state index >= 15 is 0 Å². The molecular formula is C6H22N6O7P2Pt2+4. The first-order valence-corrected chi connectivity index (χ1v) is 7.90. The van der Waals surface area contributed by atoms with E-state index in [9.17, 15) is 33.6 Å². The minimum Gasteiger partial charge on any atom is -0.809 e. The Hall–Kier alpha value is 0.917. The summed E-state index contributed by atoms with van der Waals surface area (Å²) in [5, 5.41) is -0.948. The molecule has 0 aliphatic carbocycles. The Balaban J connectivity index is -0.000000120. The zero-order valence-corrected chi connectivity index (χ0v) is 18.5. The zero-order chi connectivity index (χ0) is 13.3.